The highest BCUT2D eigenvalue weighted by atomic mass is 127. The van der Waals surface area contributed by atoms with Crippen molar-refractivity contribution in [3.8, 4) is 0 Å². The smallest absolute Gasteiger partial charge is 0.240 e. The van der Waals surface area contributed by atoms with Gasteiger partial charge in [0.1, 0.15) is 0 Å². The molecule has 1 aliphatic rings. The summed E-state index contributed by atoms with van der Waals surface area (Å²) >= 11 is 6.29. The van der Waals surface area contributed by atoms with Gasteiger partial charge in [-0.15, -0.1) is 24.0 Å². The fraction of sp³-hybridized carbons (Fsp3) is 0.636. The first-order valence-corrected chi connectivity index (χ1v) is 10.7. The van der Waals surface area contributed by atoms with Crippen molar-refractivity contribution in [3.63, 3.8) is 0 Å². The van der Waals surface area contributed by atoms with E-state index in [1.165, 1.54) is 5.56 Å². The van der Waals surface area contributed by atoms with Gasteiger partial charge in [0.05, 0.1) is 6.54 Å². The Bertz CT molecular complexity index is 699. The molecule has 0 unspecified atom stereocenters. The van der Waals surface area contributed by atoms with Crippen LogP contribution >= 0.6 is 35.6 Å². The number of guanidine groups is 1. The van der Waals surface area contributed by atoms with Crippen molar-refractivity contribution in [2.24, 2.45) is 10.9 Å². The number of carbonyl (C=O) groups is 1. The third kappa shape index (κ3) is 9.39. The lowest BCUT2D eigenvalue weighted by Gasteiger charge is -2.33. The van der Waals surface area contributed by atoms with Crippen LogP contribution in [0.15, 0.2) is 29.3 Å². The van der Waals surface area contributed by atoms with Gasteiger partial charge in [-0.05, 0) is 64.3 Å². The number of piperidine rings is 1. The number of likely N-dealkylation sites (tertiary alicyclic amines) is 1. The molecule has 6 nitrogen and oxygen atoms in total. The van der Waals surface area contributed by atoms with Crippen molar-refractivity contribution >= 4 is 47.4 Å². The molecule has 1 aromatic rings. The third-order valence-electron chi connectivity index (χ3n) is 5.08. The van der Waals surface area contributed by atoms with Gasteiger partial charge in [0.2, 0.25) is 5.91 Å². The zero-order valence-corrected chi connectivity index (χ0v) is 22.0. The molecule has 0 radical (unpaired) electrons. The Morgan fingerprint density at radius 2 is 1.90 bits per heavy atom. The van der Waals surface area contributed by atoms with E-state index in [9.17, 15) is 4.79 Å². The lowest BCUT2D eigenvalue weighted by Crippen LogP contribution is -2.49. The highest BCUT2D eigenvalue weighted by Crippen LogP contribution is 2.22. The maximum absolute atomic E-state index is 12.2. The molecule has 30 heavy (non-hydrogen) atoms. The first kappa shape index (κ1) is 27.0. The number of hydrogen-bond acceptors (Lipinski definition) is 3. The molecule has 1 amide bonds. The third-order valence-corrected chi connectivity index (χ3v) is 5.45. The molecule has 2 rings (SSSR count). The Balaban J connectivity index is 0.00000450. The lowest BCUT2D eigenvalue weighted by molar-refractivity contribution is -0.122. The van der Waals surface area contributed by atoms with Gasteiger partial charge in [0.15, 0.2) is 5.96 Å². The molecule has 0 atom stereocenters. The molecule has 0 spiro atoms. The summed E-state index contributed by atoms with van der Waals surface area (Å²) in [5.41, 5.74) is 0.966. The summed E-state index contributed by atoms with van der Waals surface area (Å²) in [7, 11) is 3.65. The second-order valence-corrected chi connectivity index (χ2v) is 9.30. The van der Waals surface area contributed by atoms with Crippen LogP contribution in [0.3, 0.4) is 0 Å². The number of aliphatic imine (C=N–C) groups is 1. The van der Waals surface area contributed by atoms with Crippen LogP contribution in [-0.2, 0) is 11.3 Å². The van der Waals surface area contributed by atoms with E-state index in [2.05, 4.69) is 26.6 Å². The van der Waals surface area contributed by atoms with Crippen molar-refractivity contribution in [1.29, 1.82) is 0 Å². The van der Waals surface area contributed by atoms with Gasteiger partial charge < -0.3 is 15.5 Å². The molecule has 170 valence electrons. The van der Waals surface area contributed by atoms with Crippen LogP contribution in [0.2, 0.25) is 5.02 Å². The van der Waals surface area contributed by atoms with Gasteiger partial charge in [-0.3, -0.25) is 14.7 Å². The first-order valence-electron chi connectivity index (χ1n) is 10.4. The average Bonchev–Trinajstić information content (AvgIpc) is 2.63. The fourth-order valence-electron chi connectivity index (χ4n) is 3.58. The summed E-state index contributed by atoms with van der Waals surface area (Å²) in [4.78, 5) is 20.8. The fourth-order valence-corrected chi connectivity index (χ4v) is 3.78. The van der Waals surface area contributed by atoms with E-state index >= 15 is 0 Å². The Morgan fingerprint density at radius 1 is 1.27 bits per heavy atom. The van der Waals surface area contributed by atoms with Crippen LogP contribution in [-0.4, -0.2) is 67.5 Å². The van der Waals surface area contributed by atoms with Crippen LogP contribution < -0.4 is 10.6 Å². The number of benzene rings is 1. The minimum atomic E-state index is -0.229. The quantitative estimate of drug-likeness (QED) is 0.324. The zero-order chi connectivity index (χ0) is 21.4. The average molecular weight is 550 g/mol. The number of likely N-dealkylation sites (N-methyl/N-ethyl adjacent to an activating group) is 1. The largest absolute Gasteiger partial charge is 0.356 e. The van der Waals surface area contributed by atoms with E-state index in [4.69, 9.17) is 11.6 Å². The number of amides is 1. The van der Waals surface area contributed by atoms with E-state index in [1.807, 2.05) is 50.9 Å². The summed E-state index contributed by atoms with van der Waals surface area (Å²) in [6.45, 7) is 10.2. The molecule has 1 heterocycles. The van der Waals surface area contributed by atoms with E-state index in [0.717, 1.165) is 50.0 Å². The maximum atomic E-state index is 12.2. The lowest BCUT2D eigenvalue weighted by atomic mass is 9.96. The summed E-state index contributed by atoms with van der Waals surface area (Å²) in [6.07, 6.45) is 2.28. The van der Waals surface area contributed by atoms with Crippen LogP contribution in [0.4, 0.5) is 0 Å². The van der Waals surface area contributed by atoms with Gasteiger partial charge in [-0.2, -0.15) is 0 Å². The SMILES string of the molecule is CN=C(NCC1CCN(Cc2ccccc2Cl)CC1)N(C)CC(=O)NC(C)(C)C.I. The van der Waals surface area contributed by atoms with E-state index in [-0.39, 0.29) is 42.0 Å². The maximum Gasteiger partial charge on any atom is 0.240 e. The van der Waals surface area contributed by atoms with Crippen LogP contribution in [0, 0.1) is 5.92 Å². The normalized spacial score (nSPS) is 16.0. The minimum Gasteiger partial charge on any atom is -0.356 e. The number of hydrogen-bond donors (Lipinski definition) is 2. The molecular weight excluding hydrogens is 513 g/mol. The zero-order valence-electron chi connectivity index (χ0n) is 18.9. The molecular formula is C22H37ClIN5O. The number of carbonyl (C=O) groups excluding carboxylic acids is 1. The van der Waals surface area contributed by atoms with Gasteiger partial charge in [-0.1, -0.05) is 29.8 Å². The van der Waals surface area contributed by atoms with E-state index < -0.39 is 0 Å². The highest BCUT2D eigenvalue weighted by Gasteiger charge is 2.21. The van der Waals surface area contributed by atoms with Crippen molar-refractivity contribution in [2.45, 2.75) is 45.7 Å². The van der Waals surface area contributed by atoms with Gasteiger partial charge in [-0.25, -0.2) is 0 Å². The first-order chi connectivity index (χ1) is 13.7. The van der Waals surface area contributed by atoms with E-state index in [0.29, 0.717) is 5.92 Å². The molecule has 8 heteroatoms. The molecule has 0 aromatic heterocycles. The Morgan fingerprint density at radius 3 is 2.47 bits per heavy atom. The molecule has 0 aliphatic carbocycles. The predicted octanol–water partition coefficient (Wildman–Crippen LogP) is 3.59. The van der Waals surface area contributed by atoms with Crippen molar-refractivity contribution in [3.05, 3.63) is 34.9 Å². The minimum absolute atomic E-state index is 0. The summed E-state index contributed by atoms with van der Waals surface area (Å²) in [6, 6.07) is 8.07. The highest BCUT2D eigenvalue weighted by molar-refractivity contribution is 14.0. The number of nitrogens with one attached hydrogen (secondary N) is 2. The van der Waals surface area contributed by atoms with Gasteiger partial charge >= 0.3 is 0 Å². The van der Waals surface area contributed by atoms with Crippen molar-refractivity contribution < 1.29 is 4.79 Å². The van der Waals surface area contributed by atoms with Crippen LogP contribution in [0.1, 0.15) is 39.2 Å². The predicted molar refractivity (Wildman–Crippen MR) is 137 cm³/mol. The van der Waals surface area contributed by atoms with Crippen LogP contribution in [0.5, 0.6) is 0 Å². The molecule has 1 fully saturated rings. The summed E-state index contributed by atoms with van der Waals surface area (Å²) in [5.74, 6) is 1.36. The van der Waals surface area contributed by atoms with Crippen molar-refractivity contribution in [2.75, 3.05) is 40.3 Å². The van der Waals surface area contributed by atoms with Gasteiger partial charge in [0, 0.05) is 37.7 Å². The molecule has 0 bridgehead atoms. The molecule has 2 N–H and O–H groups in total. The Kier molecular flexibility index (Phi) is 11.4. The van der Waals surface area contributed by atoms with Gasteiger partial charge in [0.25, 0.3) is 0 Å². The second kappa shape index (κ2) is 12.7. The Labute approximate surface area is 203 Å². The standard InChI is InChI=1S/C22H36ClN5O.HI/c1-22(2,3)26-20(29)16-27(5)21(24-4)25-14-17-10-12-28(13-11-17)15-18-8-6-7-9-19(18)23;/h6-9,17H,10-16H2,1-5H3,(H,24,25)(H,26,29);1H. The van der Waals surface area contributed by atoms with Crippen LogP contribution in [0.25, 0.3) is 0 Å². The Hall–Kier alpha value is -1.06. The molecule has 1 saturated heterocycles. The molecule has 1 aromatic carbocycles. The van der Waals surface area contributed by atoms with E-state index in [1.54, 1.807) is 7.05 Å². The molecule has 1 aliphatic heterocycles. The summed E-state index contributed by atoms with van der Waals surface area (Å²) in [5, 5.41) is 7.27. The number of rotatable bonds is 6. The molecule has 0 saturated carbocycles. The second-order valence-electron chi connectivity index (χ2n) is 8.89. The topological polar surface area (TPSA) is 60.0 Å². The number of halogens is 2. The number of nitrogens with zero attached hydrogens (tertiary/aromatic N) is 3. The monoisotopic (exact) mass is 549 g/mol. The summed E-state index contributed by atoms with van der Waals surface area (Å²) < 4.78 is 0. The van der Waals surface area contributed by atoms with Crippen molar-refractivity contribution in [1.82, 2.24) is 20.4 Å².